The molecule has 0 heterocycles. The second-order valence-corrected chi connectivity index (χ2v) is 3.80. The van der Waals surface area contributed by atoms with Crippen LogP contribution in [0.25, 0.3) is 0 Å². The minimum absolute atomic E-state index is 0. The predicted molar refractivity (Wildman–Crippen MR) is 60.5 cm³/mol. The third-order valence-electron chi connectivity index (χ3n) is 2.46. The number of rotatable bonds is 7. The van der Waals surface area contributed by atoms with Gasteiger partial charge in [-0.05, 0) is 19.8 Å². The SMILES string of the molecule is CCC/C=C/CCC(=O)N(C)C(C)C(=O)[O-].[Li+]. The summed E-state index contributed by atoms with van der Waals surface area (Å²) in [7, 11) is 1.48. The molecule has 4 nitrogen and oxygen atoms in total. The summed E-state index contributed by atoms with van der Waals surface area (Å²) < 4.78 is 0. The first-order chi connectivity index (χ1) is 7.50. The molecule has 0 aromatic rings. The maximum Gasteiger partial charge on any atom is 1.00 e. The largest absolute Gasteiger partial charge is 1.00 e. The molecule has 5 heteroatoms. The number of carboxylic acid groups (broad SMARTS) is 1. The maximum absolute atomic E-state index is 11.5. The zero-order chi connectivity index (χ0) is 12.6. The Hall–Kier alpha value is -0.723. The predicted octanol–water partition coefficient (Wildman–Crippen LogP) is -2.28. The first-order valence-electron chi connectivity index (χ1n) is 5.62. The Labute approximate surface area is 115 Å². The van der Waals surface area contributed by atoms with Crippen molar-refractivity contribution in [3.8, 4) is 0 Å². The van der Waals surface area contributed by atoms with E-state index in [9.17, 15) is 14.7 Å². The number of unbranched alkanes of at least 4 members (excludes halogenated alkanes) is 1. The minimum atomic E-state index is -1.22. The minimum Gasteiger partial charge on any atom is -0.548 e. The number of likely N-dealkylation sites (N-methyl/N-ethyl adjacent to an activating group) is 1. The molecular formula is C12H20LiNO3. The summed E-state index contributed by atoms with van der Waals surface area (Å²) in [5.74, 6) is -1.39. The van der Waals surface area contributed by atoms with Crippen molar-refractivity contribution in [1.82, 2.24) is 4.90 Å². The molecule has 0 bridgehead atoms. The van der Waals surface area contributed by atoms with Gasteiger partial charge in [0.25, 0.3) is 0 Å². The fraction of sp³-hybridized carbons (Fsp3) is 0.667. The van der Waals surface area contributed by atoms with Gasteiger partial charge in [0.1, 0.15) is 0 Å². The number of nitrogens with zero attached hydrogens (tertiary/aromatic N) is 1. The van der Waals surface area contributed by atoms with Crippen molar-refractivity contribution in [2.75, 3.05) is 7.05 Å². The van der Waals surface area contributed by atoms with Gasteiger partial charge in [-0.2, -0.15) is 0 Å². The van der Waals surface area contributed by atoms with Gasteiger partial charge in [-0.1, -0.05) is 25.5 Å². The van der Waals surface area contributed by atoms with E-state index in [1.165, 1.54) is 18.9 Å². The number of carbonyl (C=O) groups excluding carboxylic acids is 2. The maximum atomic E-state index is 11.5. The van der Waals surface area contributed by atoms with Gasteiger partial charge in [-0.25, -0.2) is 0 Å². The van der Waals surface area contributed by atoms with Crippen molar-refractivity contribution < 1.29 is 33.6 Å². The van der Waals surface area contributed by atoms with E-state index >= 15 is 0 Å². The van der Waals surface area contributed by atoms with Gasteiger partial charge in [0.15, 0.2) is 0 Å². The number of carboxylic acids is 1. The van der Waals surface area contributed by atoms with Crippen molar-refractivity contribution in [2.24, 2.45) is 0 Å². The number of hydrogen-bond acceptors (Lipinski definition) is 3. The molecule has 0 aliphatic heterocycles. The average molecular weight is 233 g/mol. The molecular weight excluding hydrogens is 213 g/mol. The normalized spacial score (nSPS) is 11.9. The van der Waals surface area contributed by atoms with Crippen LogP contribution in [0.5, 0.6) is 0 Å². The second-order valence-electron chi connectivity index (χ2n) is 3.80. The van der Waals surface area contributed by atoms with Crippen LogP contribution in [0.1, 0.15) is 39.5 Å². The van der Waals surface area contributed by atoms with E-state index in [2.05, 4.69) is 6.92 Å². The Morgan fingerprint density at radius 1 is 1.29 bits per heavy atom. The van der Waals surface area contributed by atoms with E-state index < -0.39 is 12.0 Å². The second kappa shape index (κ2) is 10.4. The monoisotopic (exact) mass is 233 g/mol. The Kier molecular flexibility index (Phi) is 11.4. The van der Waals surface area contributed by atoms with Crippen LogP contribution in [0.3, 0.4) is 0 Å². The van der Waals surface area contributed by atoms with Gasteiger partial charge in [0.2, 0.25) is 5.91 Å². The molecule has 92 valence electrons. The molecule has 0 aliphatic rings. The van der Waals surface area contributed by atoms with E-state index in [0.717, 1.165) is 12.8 Å². The summed E-state index contributed by atoms with van der Waals surface area (Å²) in [6.45, 7) is 3.53. The van der Waals surface area contributed by atoms with E-state index in [4.69, 9.17) is 0 Å². The first-order valence-corrected chi connectivity index (χ1v) is 5.62. The molecule has 1 unspecified atom stereocenters. The zero-order valence-corrected chi connectivity index (χ0v) is 11.2. The van der Waals surface area contributed by atoms with Crippen LogP contribution in [0.15, 0.2) is 12.2 Å². The number of allylic oxidation sites excluding steroid dienone is 2. The van der Waals surface area contributed by atoms with Gasteiger partial charge in [-0.15, -0.1) is 0 Å². The van der Waals surface area contributed by atoms with Gasteiger partial charge in [-0.3, -0.25) is 4.79 Å². The third kappa shape index (κ3) is 8.06. The number of hydrogen-bond donors (Lipinski definition) is 0. The van der Waals surface area contributed by atoms with Crippen LogP contribution >= 0.6 is 0 Å². The van der Waals surface area contributed by atoms with Gasteiger partial charge in [0.05, 0.1) is 12.0 Å². The Morgan fingerprint density at radius 3 is 2.29 bits per heavy atom. The molecule has 0 aromatic heterocycles. The van der Waals surface area contributed by atoms with Crippen molar-refractivity contribution in [1.29, 1.82) is 0 Å². The smallest absolute Gasteiger partial charge is 0.548 e. The molecule has 0 fully saturated rings. The molecule has 0 saturated carbocycles. The van der Waals surface area contributed by atoms with Crippen molar-refractivity contribution in [3.63, 3.8) is 0 Å². The Morgan fingerprint density at radius 2 is 1.82 bits per heavy atom. The van der Waals surface area contributed by atoms with Crippen LogP contribution in [0.2, 0.25) is 0 Å². The third-order valence-corrected chi connectivity index (χ3v) is 2.46. The van der Waals surface area contributed by atoms with E-state index in [0.29, 0.717) is 12.8 Å². The zero-order valence-electron chi connectivity index (χ0n) is 11.2. The van der Waals surface area contributed by atoms with Crippen molar-refractivity contribution >= 4 is 11.9 Å². The van der Waals surface area contributed by atoms with E-state index in [-0.39, 0.29) is 24.8 Å². The van der Waals surface area contributed by atoms with Gasteiger partial charge in [0, 0.05) is 13.5 Å². The molecule has 0 saturated heterocycles. The van der Waals surface area contributed by atoms with Crippen molar-refractivity contribution in [2.45, 2.75) is 45.6 Å². The summed E-state index contributed by atoms with van der Waals surface area (Å²) in [6, 6.07) is -0.868. The summed E-state index contributed by atoms with van der Waals surface area (Å²) in [4.78, 5) is 23.3. The molecule has 1 amide bonds. The summed E-state index contributed by atoms with van der Waals surface area (Å²) in [5.41, 5.74) is 0. The van der Waals surface area contributed by atoms with Gasteiger partial charge >= 0.3 is 18.9 Å². The van der Waals surface area contributed by atoms with Crippen LogP contribution in [0, 0.1) is 0 Å². The number of carbonyl (C=O) groups is 2. The summed E-state index contributed by atoms with van der Waals surface area (Å²) in [6.07, 6.45) is 7.09. The quantitative estimate of drug-likeness (QED) is 0.368. The first kappa shape index (κ1) is 18.6. The van der Waals surface area contributed by atoms with E-state index in [1.807, 2.05) is 12.2 Å². The molecule has 0 spiro atoms. The molecule has 17 heavy (non-hydrogen) atoms. The van der Waals surface area contributed by atoms with Crippen molar-refractivity contribution in [3.05, 3.63) is 12.2 Å². The van der Waals surface area contributed by atoms with Gasteiger partial charge < -0.3 is 14.8 Å². The molecule has 0 rings (SSSR count). The molecule has 1 atom stereocenters. The summed E-state index contributed by atoms with van der Waals surface area (Å²) >= 11 is 0. The van der Waals surface area contributed by atoms with E-state index in [1.54, 1.807) is 0 Å². The number of aliphatic carboxylic acids is 1. The van der Waals surface area contributed by atoms with Crippen LogP contribution in [-0.4, -0.2) is 29.9 Å². The topological polar surface area (TPSA) is 60.4 Å². The van der Waals surface area contributed by atoms with Crippen LogP contribution in [0.4, 0.5) is 0 Å². The fourth-order valence-electron chi connectivity index (χ4n) is 1.16. The van der Waals surface area contributed by atoms with Crippen LogP contribution < -0.4 is 24.0 Å². The molecule has 0 N–H and O–H groups in total. The standard InChI is InChI=1S/C12H21NO3.Li/c1-4-5-6-7-8-9-11(14)13(3)10(2)12(15)16;/h6-7,10H,4-5,8-9H2,1-3H3,(H,15,16);/q;+1/p-1/b7-6+;. The molecule has 0 radical (unpaired) electrons. The Balaban J connectivity index is 0. The molecule has 0 aliphatic carbocycles. The van der Waals surface area contributed by atoms with Crippen LogP contribution in [-0.2, 0) is 9.59 Å². The summed E-state index contributed by atoms with van der Waals surface area (Å²) in [5, 5.41) is 10.5. The molecule has 0 aromatic carbocycles. The average Bonchev–Trinajstić information content (AvgIpc) is 2.26. The fourth-order valence-corrected chi connectivity index (χ4v) is 1.16. The number of amides is 1. The Bertz CT molecular complexity index is 266.